The van der Waals surface area contributed by atoms with E-state index in [1.165, 1.54) is 0 Å². The van der Waals surface area contributed by atoms with Gasteiger partial charge in [0.1, 0.15) is 29.2 Å². The Labute approximate surface area is 175 Å². The molecule has 0 aliphatic heterocycles. The van der Waals surface area contributed by atoms with Crippen LogP contribution in [0.5, 0.6) is 5.75 Å². The molecule has 3 aromatic rings. The van der Waals surface area contributed by atoms with Gasteiger partial charge in [-0.3, -0.25) is 0 Å². The first-order chi connectivity index (χ1) is 13.5. The predicted molar refractivity (Wildman–Crippen MR) is 113 cm³/mol. The maximum Gasteiger partial charge on any atom is 0.339 e. The number of benzene rings is 1. The molecule has 0 aliphatic rings. The topological polar surface area (TPSA) is 116 Å². The first-order valence-corrected chi connectivity index (χ1v) is 9.81. The number of aromatic nitrogens is 4. The molecule has 3 rings (SSSR count). The van der Waals surface area contributed by atoms with E-state index in [1.807, 2.05) is 22.8 Å². The van der Waals surface area contributed by atoms with Crippen LogP contribution in [0.4, 0.5) is 5.82 Å². The van der Waals surface area contributed by atoms with E-state index in [2.05, 4.69) is 44.7 Å². The fraction of sp³-hybridized carbons (Fsp3) is 0.263. The van der Waals surface area contributed by atoms with Crippen molar-refractivity contribution in [1.82, 2.24) is 19.7 Å². The zero-order chi connectivity index (χ0) is 20.1. The Morgan fingerprint density at radius 3 is 2.93 bits per heavy atom. The van der Waals surface area contributed by atoms with Crippen molar-refractivity contribution < 1.29 is 14.6 Å². The Kier molecular flexibility index (Phi) is 6.45. The third-order valence-electron chi connectivity index (χ3n) is 4.24. The van der Waals surface area contributed by atoms with Crippen LogP contribution in [0.3, 0.4) is 0 Å². The molecule has 28 heavy (non-hydrogen) atoms. The highest BCUT2D eigenvalue weighted by Crippen LogP contribution is 2.24. The van der Waals surface area contributed by atoms with Crippen molar-refractivity contribution in [1.29, 1.82) is 0 Å². The molecule has 0 aliphatic carbocycles. The number of aromatic carboxylic acids is 1. The average Bonchev–Trinajstić information content (AvgIpc) is 3.16. The number of nitrogens with zero attached hydrogens (tertiary/aromatic N) is 4. The Morgan fingerprint density at radius 1 is 1.36 bits per heavy atom. The minimum atomic E-state index is -0.995. The van der Waals surface area contributed by atoms with Gasteiger partial charge in [0.15, 0.2) is 5.82 Å². The normalized spacial score (nSPS) is 11.9. The summed E-state index contributed by atoms with van der Waals surface area (Å²) in [7, 11) is 0. The van der Waals surface area contributed by atoms with Crippen LogP contribution >= 0.6 is 22.6 Å². The molecule has 146 valence electrons. The monoisotopic (exact) mass is 493 g/mol. The second-order valence-corrected chi connectivity index (χ2v) is 7.54. The number of carboxylic acids is 1. The molecule has 0 fully saturated rings. The number of nitrogens with two attached hydrogens (primary N) is 1. The zero-order valence-corrected chi connectivity index (χ0v) is 17.4. The van der Waals surface area contributed by atoms with Gasteiger partial charge < -0.3 is 20.1 Å². The molecule has 9 heteroatoms. The molecule has 1 aromatic carbocycles. The van der Waals surface area contributed by atoms with Crippen LogP contribution in [-0.2, 0) is 0 Å². The maximum atomic E-state index is 11.4. The highest BCUT2D eigenvalue weighted by molar-refractivity contribution is 14.1. The predicted octanol–water partition coefficient (Wildman–Crippen LogP) is 3.65. The largest absolute Gasteiger partial charge is 0.493 e. The van der Waals surface area contributed by atoms with E-state index in [9.17, 15) is 9.90 Å². The lowest BCUT2D eigenvalue weighted by Crippen LogP contribution is -2.10. The van der Waals surface area contributed by atoms with Crippen molar-refractivity contribution in [3.05, 3.63) is 51.9 Å². The summed E-state index contributed by atoms with van der Waals surface area (Å²) in [5, 5.41) is 17.5. The van der Waals surface area contributed by atoms with E-state index < -0.39 is 5.97 Å². The summed E-state index contributed by atoms with van der Waals surface area (Å²) in [5.41, 5.74) is 6.61. The summed E-state index contributed by atoms with van der Waals surface area (Å²) >= 11 is 2.08. The number of carbonyl (C=O) groups is 1. The zero-order valence-electron chi connectivity index (χ0n) is 15.2. The number of carboxylic acid groups (broad SMARTS) is 1. The summed E-state index contributed by atoms with van der Waals surface area (Å²) in [6.07, 6.45) is 3.22. The second-order valence-electron chi connectivity index (χ2n) is 6.29. The van der Waals surface area contributed by atoms with Gasteiger partial charge in [0.25, 0.3) is 0 Å². The summed E-state index contributed by atoms with van der Waals surface area (Å²) in [5.74, 6) is 0.478. The van der Waals surface area contributed by atoms with Gasteiger partial charge in [-0.15, -0.1) is 10.2 Å². The molecular formula is C19H20IN5O3. The molecule has 0 bridgehead atoms. The Morgan fingerprint density at radius 2 is 2.18 bits per heavy atom. The van der Waals surface area contributed by atoms with E-state index in [0.29, 0.717) is 29.7 Å². The number of ether oxygens (including phenoxy) is 1. The van der Waals surface area contributed by atoms with Crippen LogP contribution in [0.2, 0.25) is 0 Å². The van der Waals surface area contributed by atoms with Gasteiger partial charge in [-0.25, -0.2) is 9.78 Å². The van der Waals surface area contributed by atoms with Crippen LogP contribution in [0.25, 0.3) is 11.5 Å². The number of nitrogen functional groups attached to an aromatic ring is 1. The minimum Gasteiger partial charge on any atom is -0.493 e. The van der Waals surface area contributed by atoms with Crippen LogP contribution in [0.15, 0.2) is 42.7 Å². The number of pyridine rings is 1. The third kappa shape index (κ3) is 4.77. The van der Waals surface area contributed by atoms with E-state index in [0.717, 1.165) is 16.4 Å². The number of anilines is 1. The van der Waals surface area contributed by atoms with Crippen molar-refractivity contribution in [2.24, 2.45) is 0 Å². The summed E-state index contributed by atoms with van der Waals surface area (Å²) < 4.78 is 8.50. The van der Waals surface area contributed by atoms with Crippen molar-refractivity contribution >= 4 is 34.4 Å². The molecule has 2 aromatic heterocycles. The van der Waals surface area contributed by atoms with E-state index in [1.54, 1.807) is 24.5 Å². The van der Waals surface area contributed by atoms with Gasteiger partial charge in [-0.05, 0) is 72.7 Å². The van der Waals surface area contributed by atoms with Gasteiger partial charge in [0.05, 0.1) is 6.61 Å². The molecule has 1 atom stereocenters. The van der Waals surface area contributed by atoms with Crippen molar-refractivity contribution in [3.63, 3.8) is 0 Å². The summed E-state index contributed by atoms with van der Waals surface area (Å²) in [6.45, 7) is 2.48. The SMILES string of the molecule is CC(CCCOc1ccc(I)cc1C(=O)O)n1cnnc1-c1cccc(N)n1. The van der Waals surface area contributed by atoms with Gasteiger partial charge in [0, 0.05) is 9.61 Å². The molecular weight excluding hydrogens is 473 g/mol. The van der Waals surface area contributed by atoms with Gasteiger partial charge in [-0.1, -0.05) is 6.07 Å². The minimum absolute atomic E-state index is 0.118. The van der Waals surface area contributed by atoms with E-state index in [4.69, 9.17) is 10.5 Å². The van der Waals surface area contributed by atoms with Crippen molar-refractivity contribution in [2.45, 2.75) is 25.8 Å². The van der Waals surface area contributed by atoms with E-state index in [-0.39, 0.29) is 11.6 Å². The first kappa shape index (κ1) is 20.1. The van der Waals surface area contributed by atoms with Crippen LogP contribution in [0.1, 0.15) is 36.2 Å². The van der Waals surface area contributed by atoms with Gasteiger partial charge >= 0.3 is 5.97 Å². The second kappa shape index (κ2) is 9.00. The molecule has 0 amide bonds. The fourth-order valence-corrected chi connectivity index (χ4v) is 3.31. The number of hydrogen-bond donors (Lipinski definition) is 2. The third-order valence-corrected chi connectivity index (χ3v) is 4.91. The molecule has 1 unspecified atom stereocenters. The Balaban J connectivity index is 1.60. The quantitative estimate of drug-likeness (QED) is 0.364. The van der Waals surface area contributed by atoms with Crippen molar-refractivity contribution in [3.8, 4) is 17.3 Å². The molecule has 0 spiro atoms. The van der Waals surface area contributed by atoms with Gasteiger partial charge in [-0.2, -0.15) is 0 Å². The fourth-order valence-electron chi connectivity index (χ4n) is 2.82. The molecule has 0 saturated heterocycles. The van der Waals surface area contributed by atoms with Crippen LogP contribution < -0.4 is 10.5 Å². The number of hydrogen-bond acceptors (Lipinski definition) is 6. The standard InChI is InChI=1S/C19H20IN5O3/c1-12(25-11-22-24-18(25)15-5-2-6-17(21)23-15)4-3-9-28-16-8-7-13(20)10-14(16)19(26)27/h2,5-8,10-12H,3-4,9H2,1H3,(H2,21,23)(H,26,27). The average molecular weight is 493 g/mol. The summed E-state index contributed by atoms with van der Waals surface area (Å²) in [6, 6.07) is 10.6. The molecule has 0 saturated carbocycles. The smallest absolute Gasteiger partial charge is 0.339 e. The number of halogens is 1. The molecule has 0 radical (unpaired) electrons. The molecule has 2 heterocycles. The molecule has 8 nitrogen and oxygen atoms in total. The van der Waals surface area contributed by atoms with E-state index >= 15 is 0 Å². The molecule has 3 N–H and O–H groups in total. The number of rotatable bonds is 8. The first-order valence-electron chi connectivity index (χ1n) is 8.73. The van der Waals surface area contributed by atoms with Crippen molar-refractivity contribution in [2.75, 3.05) is 12.3 Å². The maximum absolute atomic E-state index is 11.4. The lowest BCUT2D eigenvalue weighted by molar-refractivity contribution is 0.0692. The summed E-state index contributed by atoms with van der Waals surface area (Å²) in [4.78, 5) is 15.7. The van der Waals surface area contributed by atoms with Crippen LogP contribution in [0, 0.1) is 3.57 Å². The van der Waals surface area contributed by atoms with Gasteiger partial charge in [0.2, 0.25) is 0 Å². The van der Waals surface area contributed by atoms with Crippen LogP contribution in [-0.4, -0.2) is 37.4 Å². The lowest BCUT2D eigenvalue weighted by Gasteiger charge is -2.16. The Bertz CT molecular complexity index is 976. The lowest BCUT2D eigenvalue weighted by atomic mass is 10.1. The Hall–Kier alpha value is -2.69. The highest BCUT2D eigenvalue weighted by Gasteiger charge is 2.15. The highest BCUT2D eigenvalue weighted by atomic mass is 127.